The second-order valence-corrected chi connectivity index (χ2v) is 1.26. The van der Waals surface area contributed by atoms with E-state index in [2.05, 4.69) is 6.58 Å². The SMILES string of the molecule is C=CC(N)=C(C#N)C#N. The number of allylic oxidation sites excluding steroid dienone is 2. The topological polar surface area (TPSA) is 73.6 Å². The summed E-state index contributed by atoms with van der Waals surface area (Å²) in [6, 6.07) is 3.25. The maximum atomic E-state index is 8.17. The predicted octanol–water partition coefficient (Wildman–Crippen LogP) is 0.432. The number of nitrogens with zero attached hydrogens (tertiary/aromatic N) is 2. The summed E-state index contributed by atoms with van der Waals surface area (Å²) in [5.74, 6) is 0. The molecule has 0 fully saturated rings. The van der Waals surface area contributed by atoms with E-state index < -0.39 is 0 Å². The standard InChI is InChI=1S/C6H5N3/c1-2-6(9)5(3-7)4-8/h2H,1,9H2. The van der Waals surface area contributed by atoms with Crippen LogP contribution in [-0.4, -0.2) is 0 Å². The van der Waals surface area contributed by atoms with E-state index in [1.165, 1.54) is 6.08 Å². The normalized spacial score (nSPS) is 6.44. The van der Waals surface area contributed by atoms with E-state index in [9.17, 15) is 0 Å². The van der Waals surface area contributed by atoms with Crippen LogP contribution < -0.4 is 5.73 Å². The van der Waals surface area contributed by atoms with Crippen LogP contribution in [0.1, 0.15) is 0 Å². The van der Waals surface area contributed by atoms with E-state index in [4.69, 9.17) is 16.3 Å². The Morgan fingerprint density at radius 2 is 1.89 bits per heavy atom. The first-order valence-corrected chi connectivity index (χ1v) is 2.18. The van der Waals surface area contributed by atoms with Crippen molar-refractivity contribution in [1.29, 1.82) is 10.5 Å². The summed E-state index contributed by atoms with van der Waals surface area (Å²) in [4.78, 5) is 0. The lowest BCUT2D eigenvalue weighted by atomic mass is 10.2. The predicted molar refractivity (Wildman–Crippen MR) is 32.6 cm³/mol. The van der Waals surface area contributed by atoms with E-state index in [1.54, 1.807) is 12.1 Å². The van der Waals surface area contributed by atoms with Gasteiger partial charge in [-0.1, -0.05) is 6.58 Å². The van der Waals surface area contributed by atoms with Crippen LogP contribution in [0, 0.1) is 22.7 Å². The van der Waals surface area contributed by atoms with Crippen LogP contribution in [0.3, 0.4) is 0 Å². The van der Waals surface area contributed by atoms with E-state index in [0.717, 1.165) is 0 Å². The third-order valence-corrected chi connectivity index (χ3v) is 0.732. The summed E-state index contributed by atoms with van der Waals surface area (Å²) < 4.78 is 0. The van der Waals surface area contributed by atoms with Gasteiger partial charge in [-0.2, -0.15) is 10.5 Å². The van der Waals surface area contributed by atoms with Gasteiger partial charge in [-0.15, -0.1) is 0 Å². The van der Waals surface area contributed by atoms with Crippen molar-refractivity contribution in [2.24, 2.45) is 5.73 Å². The maximum absolute atomic E-state index is 8.17. The summed E-state index contributed by atoms with van der Waals surface area (Å²) in [6.07, 6.45) is 1.27. The van der Waals surface area contributed by atoms with E-state index in [-0.39, 0.29) is 11.3 Å². The van der Waals surface area contributed by atoms with Crippen LogP contribution in [0.25, 0.3) is 0 Å². The van der Waals surface area contributed by atoms with Crippen molar-refractivity contribution < 1.29 is 0 Å². The molecule has 0 rings (SSSR count). The molecular weight excluding hydrogens is 114 g/mol. The molecule has 0 spiro atoms. The number of nitriles is 2. The van der Waals surface area contributed by atoms with Gasteiger partial charge in [0.2, 0.25) is 0 Å². The van der Waals surface area contributed by atoms with E-state index >= 15 is 0 Å². The van der Waals surface area contributed by atoms with Crippen LogP contribution >= 0.6 is 0 Å². The van der Waals surface area contributed by atoms with Crippen LogP contribution in [0.15, 0.2) is 23.9 Å². The lowest BCUT2D eigenvalue weighted by Crippen LogP contribution is -1.95. The summed E-state index contributed by atoms with van der Waals surface area (Å²) >= 11 is 0. The quantitative estimate of drug-likeness (QED) is 0.402. The van der Waals surface area contributed by atoms with Gasteiger partial charge >= 0.3 is 0 Å². The summed E-state index contributed by atoms with van der Waals surface area (Å²) in [7, 11) is 0. The number of hydrogen-bond donors (Lipinski definition) is 1. The van der Waals surface area contributed by atoms with Gasteiger partial charge in [0.15, 0.2) is 5.57 Å². The Bertz CT molecular complexity index is 208. The van der Waals surface area contributed by atoms with Crippen LogP contribution in [0.5, 0.6) is 0 Å². The van der Waals surface area contributed by atoms with Gasteiger partial charge in [-0.3, -0.25) is 0 Å². The molecule has 0 aliphatic carbocycles. The highest BCUT2D eigenvalue weighted by Gasteiger charge is 1.94. The maximum Gasteiger partial charge on any atom is 0.152 e. The van der Waals surface area contributed by atoms with Crippen LogP contribution in [0.4, 0.5) is 0 Å². The van der Waals surface area contributed by atoms with Crippen molar-refractivity contribution in [3.05, 3.63) is 23.9 Å². The first kappa shape index (κ1) is 7.26. The second-order valence-electron chi connectivity index (χ2n) is 1.26. The molecule has 0 atom stereocenters. The highest BCUT2D eigenvalue weighted by atomic mass is 14.6. The average Bonchev–Trinajstić information content (AvgIpc) is 1.90. The Balaban J connectivity index is 4.70. The fraction of sp³-hybridized carbons (Fsp3) is 0. The Morgan fingerprint density at radius 3 is 2.00 bits per heavy atom. The molecule has 0 aliphatic rings. The molecule has 0 aromatic rings. The van der Waals surface area contributed by atoms with Crippen molar-refractivity contribution in [1.82, 2.24) is 0 Å². The first-order chi connectivity index (χ1) is 4.26. The Hall–Kier alpha value is -1.74. The molecule has 2 N–H and O–H groups in total. The number of hydrogen-bond acceptors (Lipinski definition) is 3. The van der Waals surface area contributed by atoms with Gasteiger partial charge < -0.3 is 5.73 Å². The van der Waals surface area contributed by atoms with Crippen LogP contribution in [-0.2, 0) is 0 Å². The molecule has 3 nitrogen and oxygen atoms in total. The Labute approximate surface area is 53.3 Å². The molecule has 0 heterocycles. The molecule has 0 bridgehead atoms. The molecule has 0 radical (unpaired) electrons. The summed E-state index contributed by atoms with van der Waals surface area (Å²) in [6.45, 7) is 3.29. The molecule has 0 aromatic heterocycles. The Kier molecular flexibility index (Phi) is 2.65. The average molecular weight is 119 g/mol. The fourth-order valence-corrected chi connectivity index (χ4v) is 0.256. The smallest absolute Gasteiger partial charge is 0.152 e. The molecule has 3 heteroatoms. The largest absolute Gasteiger partial charge is 0.397 e. The monoisotopic (exact) mass is 119 g/mol. The van der Waals surface area contributed by atoms with Gasteiger partial charge in [0.05, 0.1) is 5.70 Å². The molecule has 0 aromatic carbocycles. The van der Waals surface area contributed by atoms with Gasteiger partial charge in [0.1, 0.15) is 12.1 Å². The highest BCUT2D eigenvalue weighted by Crippen LogP contribution is 1.94. The van der Waals surface area contributed by atoms with E-state index in [0.29, 0.717) is 0 Å². The van der Waals surface area contributed by atoms with Crippen molar-refractivity contribution in [3.63, 3.8) is 0 Å². The molecular formula is C6H5N3. The zero-order chi connectivity index (χ0) is 7.28. The van der Waals surface area contributed by atoms with E-state index in [1.807, 2.05) is 0 Å². The number of rotatable bonds is 1. The summed E-state index contributed by atoms with van der Waals surface area (Å²) in [5.41, 5.74) is 5.19. The van der Waals surface area contributed by atoms with Gasteiger partial charge in [-0.25, -0.2) is 0 Å². The van der Waals surface area contributed by atoms with Crippen molar-refractivity contribution >= 4 is 0 Å². The minimum absolute atomic E-state index is 0.0926. The van der Waals surface area contributed by atoms with Gasteiger partial charge in [0.25, 0.3) is 0 Å². The van der Waals surface area contributed by atoms with Crippen molar-refractivity contribution in [3.8, 4) is 12.1 Å². The minimum atomic E-state index is -0.0926. The van der Waals surface area contributed by atoms with Crippen molar-refractivity contribution in [2.45, 2.75) is 0 Å². The lowest BCUT2D eigenvalue weighted by molar-refractivity contribution is 1.36. The molecule has 0 unspecified atom stereocenters. The third kappa shape index (κ3) is 1.67. The van der Waals surface area contributed by atoms with Gasteiger partial charge in [-0.05, 0) is 6.08 Å². The molecule has 9 heavy (non-hydrogen) atoms. The molecule has 0 saturated heterocycles. The minimum Gasteiger partial charge on any atom is -0.397 e. The molecule has 44 valence electrons. The first-order valence-electron chi connectivity index (χ1n) is 2.18. The Morgan fingerprint density at radius 1 is 1.44 bits per heavy atom. The fourth-order valence-electron chi connectivity index (χ4n) is 0.256. The van der Waals surface area contributed by atoms with Crippen molar-refractivity contribution in [2.75, 3.05) is 0 Å². The molecule has 0 amide bonds. The number of nitrogens with two attached hydrogens (primary N) is 1. The third-order valence-electron chi connectivity index (χ3n) is 0.732. The lowest BCUT2D eigenvalue weighted by Gasteiger charge is -1.85. The zero-order valence-electron chi connectivity index (χ0n) is 4.76. The second kappa shape index (κ2) is 3.29. The van der Waals surface area contributed by atoms with Crippen LogP contribution in [0.2, 0.25) is 0 Å². The summed E-state index contributed by atoms with van der Waals surface area (Å²) in [5, 5.41) is 16.3. The highest BCUT2D eigenvalue weighted by molar-refractivity contribution is 5.42. The molecule has 0 aliphatic heterocycles. The van der Waals surface area contributed by atoms with Gasteiger partial charge in [0, 0.05) is 0 Å². The molecule has 0 saturated carbocycles. The zero-order valence-corrected chi connectivity index (χ0v) is 4.76.